The molecule has 1 heterocycles. The van der Waals surface area contributed by atoms with Crippen molar-refractivity contribution in [3.05, 3.63) is 40.8 Å². The molecule has 0 saturated heterocycles. The minimum atomic E-state index is -1.10. The lowest BCUT2D eigenvalue weighted by atomic mass is 10.1. The number of rotatable bonds is 3. The zero-order chi connectivity index (χ0) is 14.0. The quantitative estimate of drug-likeness (QED) is 0.934. The predicted octanol–water partition coefficient (Wildman–Crippen LogP) is 2.81. The lowest BCUT2D eigenvalue weighted by molar-refractivity contribution is 0.0697. The number of nitrogens with zero attached hydrogens (tertiary/aromatic N) is 2. The number of carbonyl (C=O) groups is 1. The van der Waals surface area contributed by atoms with Crippen LogP contribution in [0.1, 0.15) is 16.2 Å². The lowest BCUT2D eigenvalue weighted by Crippen LogP contribution is -2.05. The van der Waals surface area contributed by atoms with Gasteiger partial charge in [-0.25, -0.2) is 14.8 Å². The van der Waals surface area contributed by atoms with E-state index in [1.807, 2.05) is 0 Å². The van der Waals surface area contributed by atoms with E-state index in [4.69, 9.17) is 16.3 Å². The van der Waals surface area contributed by atoms with Crippen molar-refractivity contribution in [3.8, 4) is 17.0 Å². The molecule has 6 heteroatoms. The van der Waals surface area contributed by atoms with E-state index < -0.39 is 5.97 Å². The van der Waals surface area contributed by atoms with Crippen LogP contribution < -0.4 is 4.74 Å². The summed E-state index contributed by atoms with van der Waals surface area (Å²) in [4.78, 5) is 19.3. The van der Waals surface area contributed by atoms with Gasteiger partial charge >= 0.3 is 5.97 Å². The zero-order valence-electron chi connectivity index (χ0n) is 10.3. The number of carboxylic acid groups (broad SMARTS) is 1. The van der Waals surface area contributed by atoms with Gasteiger partial charge in [-0.05, 0) is 25.1 Å². The third-order valence-corrected chi connectivity index (χ3v) is 2.79. The fourth-order valence-corrected chi connectivity index (χ4v) is 1.87. The van der Waals surface area contributed by atoms with Gasteiger partial charge < -0.3 is 9.84 Å². The van der Waals surface area contributed by atoms with Crippen molar-refractivity contribution in [1.29, 1.82) is 0 Å². The smallest absolute Gasteiger partial charge is 0.339 e. The fraction of sp³-hybridized carbons (Fsp3) is 0.154. The molecule has 0 aliphatic carbocycles. The monoisotopic (exact) mass is 278 g/mol. The Labute approximate surface area is 114 Å². The summed E-state index contributed by atoms with van der Waals surface area (Å²) in [5.41, 5.74) is 0.823. The van der Waals surface area contributed by atoms with Crippen molar-refractivity contribution in [2.24, 2.45) is 0 Å². The van der Waals surface area contributed by atoms with E-state index in [1.165, 1.54) is 13.3 Å². The highest BCUT2D eigenvalue weighted by molar-refractivity contribution is 6.31. The second-order valence-corrected chi connectivity index (χ2v) is 4.27. The maximum atomic E-state index is 11.2. The first-order valence-electron chi connectivity index (χ1n) is 5.43. The molecule has 0 saturated carbocycles. The second-order valence-electron chi connectivity index (χ2n) is 3.83. The number of hydrogen-bond acceptors (Lipinski definition) is 4. The number of benzene rings is 1. The average molecular weight is 279 g/mol. The highest BCUT2D eigenvalue weighted by Crippen LogP contribution is 2.33. The van der Waals surface area contributed by atoms with E-state index in [-0.39, 0.29) is 5.56 Å². The highest BCUT2D eigenvalue weighted by Gasteiger charge is 2.18. The van der Waals surface area contributed by atoms with Gasteiger partial charge in [-0.1, -0.05) is 11.6 Å². The average Bonchev–Trinajstić information content (AvgIpc) is 2.38. The van der Waals surface area contributed by atoms with E-state index in [2.05, 4.69) is 9.97 Å². The predicted molar refractivity (Wildman–Crippen MR) is 70.7 cm³/mol. The first kappa shape index (κ1) is 13.3. The van der Waals surface area contributed by atoms with Crippen LogP contribution in [0.2, 0.25) is 5.02 Å². The summed E-state index contributed by atoms with van der Waals surface area (Å²) >= 11 is 5.95. The molecule has 0 fully saturated rings. The molecule has 0 bridgehead atoms. The Balaban J connectivity index is 2.73. The molecule has 1 aromatic carbocycles. The normalized spacial score (nSPS) is 10.3. The first-order valence-corrected chi connectivity index (χ1v) is 5.81. The highest BCUT2D eigenvalue weighted by atomic mass is 35.5. The van der Waals surface area contributed by atoms with Crippen molar-refractivity contribution in [2.45, 2.75) is 6.92 Å². The van der Waals surface area contributed by atoms with E-state index in [9.17, 15) is 9.90 Å². The Bertz CT molecular complexity index is 644. The molecule has 0 atom stereocenters. The van der Waals surface area contributed by atoms with Gasteiger partial charge in [0.05, 0.1) is 12.8 Å². The van der Waals surface area contributed by atoms with Crippen LogP contribution in [-0.4, -0.2) is 28.2 Å². The molecule has 1 N–H and O–H groups in total. The summed E-state index contributed by atoms with van der Waals surface area (Å²) in [5, 5.41) is 9.67. The van der Waals surface area contributed by atoms with Crippen LogP contribution in [0.15, 0.2) is 24.4 Å². The summed E-state index contributed by atoms with van der Waals surface area (Å²) in [6.07, 6.45) is 1.28. The molecule has 0 aliphatic heterocycles. The van der Waals surface area contributed by atoms with Crippen molar-refractivity contribution in [1.82, 2.24) is 9.97 Å². The van der Waals surface area contributed by atoms with Gasteiger partial charge in [-0.2, -0.15) is 0 Å². The first-order chi connectivity index (χ1) is 9.02. The number of aryl methyl sites for hydroxylation is 1. The van der Waals surface area contributed by atoms with Crippen LogP contribution >= 0.6 is 11.6 Å². The Hall–Kier alpha value is -2.14. The lowest BCUT2D eigenvalue weighted by Gasteiger charge is -2.11. The number of methoxy groups -OCH3 is 1. The minimum Gasteiger partial charge on any atom is -0.496 e. The van der Waals surface area contributed by atoms with Gasteiger partial charge in [0.15, 0.2) is 0 Å². The molecule has 1 aromatic heterocycles. The summed E-state index contributed by atoms with van der Waals surface area (Å²) in [6.45, 7) is 1.69. The van der Waals surface area contributed by atoms with E-state index in [0.29, 0.717) is 27.9 Å². The van der Waals surface area contributed by atoms with E-state index in [0.717, 1.165) is 0 Å². The number of carboxylic acids is 1. The Morgan fingerprint density at radius 2 is 2.16 bits per heavy atom. The SMILES string of the molecule is COc1ccc(Cl)cc1-c1nc(C)ncc1C(=O)O. The van der Waals surface area contributed by atoms with Crippen LogP contribution in [0, 0.1) is 6.92 Å². The third-order valence-electron chi connectivity index (χ3n) is 2.56. The largest absolute Gasteiger partial charge is 0.496 e. The number of halogens is 1. The summed E-state index contributed by atoms with van der Waals surface area (Å²) in [7, 11) is 1.50. The van der Waals surface area contributed by atoms with Crippen molar-refractivity contribution in [2.75, 3.05) is 7.11 Å². The van der Waals surface area contributed by atoms with E-state index in [1.54, 1.807) is 25.1 Å². The number of hydrogen-bond donors (Lipinski definition) is 1. The van der Waals surface area contributed by atoms with Gasteiger partial charge in [0.1, 0.15) is 17.1 Å². The second kappa shape index (κ2) is 5.24. The van der Waals surface area contributed by atoms with Crippen LogP contribution in [-0.2, 0) is 0 Å². The molecule has 2 aromatic rings. The Morgan fingerprint density at radius 3 is 2.79 bits per heavy atom. The standard InChI is InChI=1S/C13H11ClN2O3/c1-7-15-6-10(13(17)18)12(16-7)9-5-8(14)3-4-11(9)19-2/h3-6H,1-2H3,(H,17,18). The maximum absolute atomic E-state index is 11.2. The van der Waals surface area contributed by atoms with Gasteiger partial charge in [-0.3, -0.25) is 0 Å². The zero-order valence-corrected chi connectivity index (χ0v) is 11.1. The summed E-state index contributed by atoms with van der Waals surface area (Å²) in [5.74, 6) is -0.121. The molecule has 0 radical (unpaired) electrons. The summed E-state index contributed by atoms with van der Waals surface area (Å²) in [6, 6.07) is 4.95. The number of ether oxygens (including phenoxy) is 1. The Kier molecular flexibility index (Phi) is 3.66. The molecular weight excluding hydrogens is 268 g/mol. The molecule has 0 aliphatic rings. The molecule has 98 valence electrons. The molecule has 5 nitrogen and oxygen atoms in total. The molecule has 0 spiro atoms. The van der Waals surface area contributed by atoms with Crippen LogP contribution in [0.5, 0.6) is 5.75 Å². The molecule has 19 heavy (non-hydrogen) atoms. The fourth-order valence-electron chi connectivity index (χ4n) is 1.70. The summed E-state index contributed by atoms with van der Waals surface area (Å²) < 4.78 is 5.22. The van der Waals surface area contributed by atoms with Gasteiger partial charge in [0.2, 0.25) is 0 Å². The van der Waals surface area contributed by atoms with Crippen molar-refractivity contribution in [3.63, 3.8) is 0 Å². The van der Waals surface area contributed by atoms with Gasteiger partial charge in [0, 0.05) is 16.8 Å². The van der Waals surface area contributed by atoms with E-state index >= 15 is 0 Å². The van der Waals surface area contributed by atoms with Crippen LogP contribution in [0.25, 0.3) is 11.3 Å². The van der Waals surface area contributed by atoms with Gasteiger partial charge in [0.25, 0.3) is 0 Å². The molecule has 0 unspecified atom stereocenters. The Morgan fingerprint density at radius 1 is 1.42 bits per heavy atom. The topological polar surface area (TPSA) is 72.3 Å². The van der Waals surface area contributed by atoms with Crippen LogP contribution in [0.4, 0.5) is 0 Å². The van der Waals surface area contributed by atoms with Gasteiger partial charge in [-0.15, -0.1) is 0 Å². The van der Waals surface area contributed by atoms with Crippen LogP contribution in [0.3, 0.4) is 0 Å². The molecule has 0 amide bonds. The number of aromatic nitrogens is 2. The minimum absolute atomic E-state index is 0.00571. The molecular formula is C13H11ClN2O3. The maximum Gasteiger partial charge on any atom is 0.339 e. The third kappa shape index (κ3) is 2.66. The van der Waals surface area contributed by atoms with Crippen molar-refractivity contribution >= 4 is 17.6 Å². The molecule has 2 rings (SSSR count). The number of aromatic carboxylic acids is 1. The van der Waals surface area contributed by atoms with Crippen molar-refractivity contribution < 1.29 is 14.6 Å².